The first kappa shape index (κ1) is 21.9. The van der Waals surface area contributed by atoms with Crippen LogP contribution in [0.2, 0.25) is 0 Å². The maximum Gasteiger partial charge on any atom is 0.338 e. The average molecular weight is 399 g/mol. The lowest BCUT2D eigenvalue weighted by atomic mass is 10.1. The highest BCUT2D eigenvalue weighted by Crippen LogP contribution is 2.25. The average Bonchev–Trinajstić information content (AvgIpc) is 2.72. The molecule has 0 saturated heterocycles. The Morgan fingerprint density at radius 2 is 1.76 bits per heavy atom. The smallest absolute Gasteiger partial charge is 0.338 e. The molecule has 0 aliphatic carbocycles. The van der Waals surface area contributed by atoms with E-state index in [1.54, 1.807) is 42.5 Å². The maximum atomic E-state index is 12.2. The van der Waals surface area contributed by atoms with E-state index in [1.807, 2.05) is 6.92 Å². The molecule has 1 amide bonds. The molecule has 0 aromatic heterocycles. The van der Waals surface area contributed by atoms with E-state index in [9.17, 15) is 14.4 Å². The molecule has 0 spiro atoms. The standard InChI is InChI=1S/C22H25NO6/c1-4-5-12-28-22(26)16-6-8-17(9-7-16)23-21(25)14-29-20-13-18(27-3)10-11-19(20)15(2)24/h6-11,13H,4-5,12,14H2,1-3H3,(H,23,25). The third-order valence-corrected chi connectivity index (χ3v) is 4.06. The van der Waals surface area contributed by atoms with E-state index in [2.05, 4.69) is 5.32 Å². The molecule has 0 aliphatic rings. The number of nitrogens with one attached hydrogen (secondary N) is 1. The predicted molar refractivity (Wildman–Crippen MR) is 109 cm³/mol. The van der Waals surface area contributed by atoms with Gasteiger partial charge in [0.15, 0.2) is 12.4 Å². The van der Waals surface area contributed by atoms with Crippen LogP contribution >= 0.6 is 0 Å². The van der Waals surface area contributed by atoms with Crippen LogP contribution in [0, 0.1) is 0 Å². The number of rotatable bonds is 10. The van der Waals surface area contributed by atoms with Crippen molar-refractivity contribution < 1.29 is 28.6 Å². The van der Waals surface area contributed by atoms with E-state index < -0.39 is 11.9 Å². The van der Waals surface area contributed by atoms with Crippen molar-refractivity contribution in [1.29, 1.82) is 0 Å². The fourth-order valence-electron chi connectivity index (χ4n) is 2.46. The number of unbranched alkanes of at least 4 members (excludes halogenated alkanes) is 1. The molecule has 2 rings (SSSR count). The normalized spacial score (nSPS) is 10.2. The van der Waals surface area contributed by atoms with Crippen molar-refractivity contribution in [2.75, 3.05) is 25.6 Å². The van der Waals surface area contributed by atoms with E-state index in [4.69, 9.17) is 14.2 Å². The van der Waals surface area contributed by atoms with Gasteiger partial charge in [-0.15, -0.1) is 0 Å². The van der Waals surface area contributed by atoms with Crippen LogP contribution in [-0.4, -0.2) is 38.0 Å². The Bertz CT molecular complexity index is 860. The Labute approximate surface area is 170 Å². The molecule has 7 nitrogen and oxygen atoms in total. The SMILES string of the molecule is CCCCOC(=O)c1ccc(NC(=O)COc2cc(OC)ccc2C(C)=O)cc1. The zero-order valence-electron chi connectivity index (χ0n) is 16.8. The van der Waals surface area contributed by atoms with Gasteiger partial charge < -0.3 is 19.5 Å². The molecule has 7 heteroatoms. The highest BCUT2D eigenvalue weighted by molar-refractivity contribution is 5.97. The number of carbonyl (C=O) groups is 3. The van der Waals surface area contributed by atoms with Gasteiger partial charge in [0.2, 0.25) is 0 Å². The molecule has 29 heavy (non-hydrogen) atoms. The van der Waals surface area contributed by atoms with Crippen LogP contribution in [0.1, 0.15) is 47.4 Å². The number of methoxy groups -OCH3 is 1. The van der Waals surface area contributed by atoms with Crippen molar-refractivity contribution in [2.24, 2.45) is 0 Å². The first-order valence-corrected chi connectivity index (χ1v) is 9.33. The molecule has 0 bridgehead atoms. The summed E-state index contributed by atoms with van der Waals surface area (Å²) < 4.78 is 15.8. The minimum absolute atomic E-state index is 0.176. The van der Waals surface area contributed by atoms with Crippen LogP contribution < -0.4 is 14.8 Å². The molecular weight excluding hydrogens is 374 g/mol. The van der Waals surface area contributed by atoms with Crippen LogP contribution in [0.3, 0.4) is 0 Å². The second-order valence-corrected chi connectivity index (χ2v) is 6.32. The Balaban J connectivity index is 1.93. The summed E-state index contributed by atoms with van der Waals surface area (Å²) in [5.74, 6) is -0.177. The fraction of sp³-hybridized carbons (Fsp3) is 0.318. The van der Waals surface area contributed by atoms with E-state index in [1.165, 1.54) is 14.0 Å². The van der Waals surface area contributed by atoms with Gasteiger partial charge in [-0.3, -0.25) is 9.59 Å². The van der Waals surface area contributed by atoms with Crippen LogP contribution in [0.5, 0.6) is 11.5 Å². The van der Waals surface area contributed by atoms with Crippen molar-refractivity contribution in [3.8, 4) is 11.5 Å². The summed E-state index contributed by atoms with van der Waals surface area (Å²) in [5, 5.41) is 2.68. The minimum Gasteiger partial charge on any atom is -0.497 e. The largest absolute Gasteiger partial charge is 0.497 e. The van der Waals surface area contributed by atoms with E-state index in [-0.39, 0.29) is 18.1 Å². The number of Topliss-reactive ketones (excluding diaryl/α,β-unsaturated/α-hetero) is 1. The summed E-state index contributed by atoms with van der Waals surface area (Å²) in [6.45, 7) is 3.54. The molecule has 0 fully saturated rings. The zero-order chi connectivity index (χ0) is 21.2. The number of benzene rings is 2. The van der Waals surface area contributed by atoms with E-state index in [0.29, 0.717) is 29.2 Å². The molecule has 1 N–H and O–H groups in total. The molecular formula is C22H25NO6. The van der Waals surface area contributed by atoms with Gasteiger partial charge in [0.25, 0.3) is 5.91 Å². The number of hydrogen-bond donors (Lipinski definition) is 1. The summed E-state index contributed by atoms with van der Waals surface area (Å²) in [6.07, 6.45) is 1.77. The molecule has 0 unspecified atom stereocenters. The van der Waals surface area contributed by atoms with E-state index >= 15 is 0 Å². The number of ether oxygens (including phenoxy) is 3. The second-order valence-electron chi connectivity index (χ2n) is 6.32. The Kier molecular flexibility index (Phi) is 8.21. The quantitative estimate of drug-likeness (QED) is 0.370. The van der Waals surface area contributed by atoms with Crippen LogP contribution in [-0.2, 0) is 9.53 Å². The second kappa shape index (κ2) is 10.8. The molecule has 0 radical (unpaired) electrons. The van der Waals surface area contributed by atoms with Gasteiger partial charge in [-0.05, 0) is 49.7 Å². The first-order valence-electron chi connectivity index (χ1n) is 9.33. The summed E-state index contributed by atoms with van der Waals surface area (Å²) in [5.41, 5.74) is 1.29. The molecule has 0 saturated carbocycles. The summed E-state index contributed by atoms with van der Waals surface area (Å²) in [4.78, 5) is 35.8. The molecule has 154 valence electrons. The third-order valence-electron chi connectivity index (χ3n) is 4.06. The van der Waals surface area contributed by atoms with Crippen LogP contribution in [0.4, 0.5) is 5.69 Å². The number of esters is 1. The van der Waals surface area contributed by atoms with Crippen LogP contribution in [0.25, 0.3) is 0 Å². The van der Waals surface area contributed by atoms with Gasteiger partial charge >= 0.3 is 5.97 Å². The first-order chi connectivity index (χ1) is 13.9. The molecule has 0 atom stereocenters. The van der Waals surface area contributed by atoms with Gasteiger partial charge in [-0.1, -0.05) is 13.3 Å². The van der Waals surface area contributed by atoms with Crippen molar-refractivity contribution in [2.45, 2.75) is 26.7 Å². The topological polar surface area (TPSA) is 90.9 Å². The highest BCUT2D eigenvalue weighted by Gasteiger charge is 2.13. The summed E-state index contributed by atoms with van der Waals surface area (Å²) in [6, 6.07) is 11.2. The molecule has 0 aliphatic heterocycles. The maximum absolute atomic E-state index is 12.2. The van der Waals surface area contributed by atoms with Gasteiger partial charge in [0.05, 0.1) is 24.8 Å². The number of ketones is 1. The number of amides is 1. The lowest BCUT2D eigenvalue weighted by Crippen LogP contribution is -2.20. The minimum atomic E-state index is -0.402. The van der Waals surface area contributed by atoms with Gasteiger partial charge in [0, 0.05) is 11.8 Å². The Hall–Kier alpha value is -3.35. The molecule has 2 aromatic carbocycles. The van der Waals surface area contributed by atoms with Crippen molar-refractivity contribution in [1.82, 2.24) is 0 Å². The van der Waals surface area contributed by atoms with Crippen LogP contribution in [0.15, 0.2) is 42.5 Å². The number of carbonyl (C=O) groups excluding carboxylic acids is 3. The van der Waals surface area contributed by atoms with Gasteiger partial charge in [-0.2, -0.15) is 0 Å². The van der Waals surface area contributed by atoms with Gasteiger partial charge in [-0.25, -0.2) is 4.79 Å². The lowest BCUT2D eigenvalue weighted by Gasteiger charge is -2.12. The summed E-state index contributed by atoms with van der Waals surface area (Å²) >= 11 is 0. The fourth-order valence-corrected chi connectivity index (χ4v) is 2.46. The predicted octanol–water partition coefficient (Wildman–Crippen LogP) is 3.87. The summed E-state index contributed by atoms with van der Waals surface area (Å²) in [7, 11) is 1.50. The molecule has 2 aromatic rings. The van der Waals surface area contributed by atoms with E-state index in [0.717, 1.165) is 12.8 Å². The lowest BCUT2D eigenvalue weighted by molar-refractivity contribution is -0.118. The molecule has 0 heterocycles. The van der Waals surface area contributed by atoms with Gasteiger partial charge in [0.1, 0.15) is 11.5 Å². The van der Waals surface area contributed by atoms with Crippen molar-refractivity contribution in [3.63, 3.8) is 0 Å². The third kappa shape index (κ3) is 6.64. The monoisotopic (exact) mass is 399 g/mol. The van der Waals surface area contributed by atoms with Crippen molar-refractivity contribution in [3.05, 3.63) is 53.6 Å². The Morgan fingerprint density at radius 1 is 1.03 bits per heavy atom. The number of hydrogen-bond acceptors (Lipinski definition) is 6. The zero-order valence-corrected chi connectivity index (χ0v) is 16.8. The Morgan fingerprint density at radius 3 is 2.38 bits per heavy atom. The van der Waals surface area contributed by atoms with Crippen molar-refractivity contribution >= 4 is 23.3 Å². The number of anilines is 1. The highest BCUT2D eigenvalue weighted by atomic mass is 16.5.